The van der Waals surface area contributed by atoms with Gasteiger partial charge in [0.05, 0.1) is 6.54 Å². The molecule has 1 atom stereocenters. The highest BCUT2D eigenvalue weighted by Crippen LogP contribution is 2.33. The fraction of sp³-hybridized carbons (Fsp3) is 0.318. The van der Waals surface area contributed by atoms with Gasteiger partial charge in [0.15, 0.2) is 0 Å². The molecule has 1 N–H and O–H groups in total. The molecule has 2 amide bonds. The van der Waals surface area contributed by atoms with Crippen molar-refractivity contribution in [2.75, 3.05) is 6.54 Å². The molecular weight excluding hydrogens is 356 g/mol. The standard InChI is InChI=1S/C22H22N2O4/c25-13-15-7-9-16(10-8-15)14-28-20-6-3-4-17-18(20)12-24(22(17)27)19-5-1-2-11-23-21(19)26/h3-4,6-10,13,19H,1-2,5,11-12,14H2,(H,23,26)/t19-/m0/s1. The molecule has 28 heavy (non-hydrogen) atoms. The maximum Gasteiger partial charge on any atom is 0.255 e. The van der Waals surface area contributed by atoms with Gasteiger partial charge in [0.1, 0.15) is 24.7 Å². The summed E-state index contributed by atoms with van der Waals surface area (Å²) in [5, 5.41) is 2.90. The smallest absolute Gasteiger partial charge is 0.255 e. The third-order valence-corrected chi connectivity index (χ3v) is 5.35. The highest BCUT2D eigenvalue weighted by molar-refractivity contribution is 6.01. The first kappa shape index (κ1) is 18.2. The van der Waals surface area contributed by atoms with Gasteiger partial charge in [-0.3, -0.25) is 14.4 Å². The summed E-state index contributed by atoms with van der Waals surface area (Å²) in [6.07, 6.45) is 3.35. The molecule has 0 saturated carbocycles. The average Bonchev–Trinajstić information content (AvgIpc) is 2.91. The largest absolute Gasteiger partial charge is 0.489 e. The van der Waals surface area contributed by atoms with Crippen LogP contribution >= 0.6 is 0 Å². The highest BCUT2D eigenvalue weighted by Gasteiger charge is 2.38. The number of fused-ring (bicyclic) bond motifs is 1. The van der Waals surface area contributed by atoms with E-state index in [9.17, 15) is 14.4 Å². The summed E-state index contributed by atoms with van der Waals surface area (Å²) in [5.74, 6) is 0.469. The molecule has 2 aromatic carbocycles. The number of nitrogens with zero attached hydrogens (tertiary/aromatic N) is 1. The topological polar surface area (TPSA) is 75.7 Å². The van der Waals surface area contributed by atoms with Gasteiger partial charge in [0.2, 0.25) is 5.91 Å². The molecule has 1 fully saturated rings. The fourth-order valence-corrected chi connectivity index (χ4v) is 3.79. The zero-order valence-corrected chi connectivity index (χ0v) is 15.5. The van der Waals surface area contributed by atoms with Crippen LogP contribution < -0.4 is 10.1 Å². The lowest BCUT2D eigenvalue weighted by Gasteiger charge is -2.25. The fourth-order valence-electron chi connectivity index (χ4n) is 3.79. The van der Waals surface area contributed by atoms with Crippen molar-refractivity contribution in [1.29, 1.82) is 0 Å². The molecule has 0 aromatic heterocycles. The Morgan fingerprint density at radius 1 is 1.11 bits per heavy atom. The first-order valence-corrected chi connectivity index (χ1v) is 9.55. The van der Waals surface area contributed by atoms with Crippen LogP contribution in [0.1, 0.15) is 51.1 Å². The van der Waals surface area contributed by atoms with Crippen LogP contribution in [-0.4, -0.2) is 35.6 Å². The molecule has 1 saturated heterocycles. The summed E-state index contributed by atoms with van der Waals surface area (Å²) in [5.41, 5.74) is 2.99. The van der Waals surface area contributed by atoms with Crippen LogP contribution in [0.15, 0.2) is 42.5 Å². The van der Waals surface area contributed by atoms with E-state index in [0.29, 0.717) is 43.0 Å². The normalized spacial score (nSPS) is 19.0. The minimum Gasteiger partial charge on any atom is -0.489 e. The highest BCUT2D eigenvalue weighted by atomic mass is 16.5. The van der Waals surface area contributed by atoms with E-state index in [1.807, 2.05) is 18.2 Å². The summed E-state index contributed by atoms with van der Waals surface area (Å²) in [4.78, 5) is 37.7. The third kappa shape index (κ3) is 3.50. The Balaban J connectivity index is 1.52. The molecule has 6 heteroatoms. The van der Waals surface area contributed by atoms with Crippen molar-refractivity contribution in [3.05, 3.63) is 64.7 Å². The van der Waals surface area contributed by atoms with E-state index in [2.05, 4.69) is 5.32 Å². The van der Waals surface area contributed by atoms with Gasteiger partial charge in [-0.15, -0.1) is 0 Å². The lowest BCUT2D eigenvalue weighted by molar-refractivity contribution is -0.125. The number of carbonyl (C=O) groups is 3. The molecule has 2 aromatic rings. The van der Waals surface area contributed by atoms with Crippen LogP contribution in [0.2, 0.25) is 0 Å². The molecule has 0 bridgehead atoms. The number of ether oxygens (including phenoxy) is 1. The Morgan fingerprint density at radius 3 is 2.71 bits per heavy atom. The van der Waals surface area contributed by atoms with Crippen molar-refractivity contribution < 1.29 is 19.1 Å². The van der Waals surface area contributed by atoms with Crippen molar-refractivity contribution in [2.24, 2.45) is 0 Å². The number of carbonyl (C=O) groups excluding carboxylic acids is 3. The van der Waals surface area contributed by atoms with Gasteiger partial charge >= 0.3 is 0 Å². The maximum absolute atomic E-state index is 12.9. The zero-order chi connectivity index (χ0) is 19.5. The van der Waals surface area contributed by atoms with Gasteiger partial charge < -0.3 is 15.0 Å². The van der Waals surface area contributed by atoms with E-state index < -0.39 is 6.04 Å². The van der Waals surface area contributed by atoms with Gasteiger partial charge in [-0.1, -0.05) is 30.3 Å². The zero-order valence-electron chi connectivity index (χ0n) is 15.5. The van der Waals surface area contributed by atoms with Crippen molar-refractivity contribution >= 4 is 18.1 Å². The summed E-state index contributed by atoms with van der Waals surface area (Å²) in [6, 6.07) is 12.2. The van der Waals surface area contributed by atoms with Crippen molar-refractivity contribution in [1.82, 2.24) is 10.2 Å². The maximum atomic E-state index is 12.9. The molecule has 6 nitrogen and oxygen atoms in total. The van der Waals surface area contributed by atoms with Gasteiger partial charge in [-0.2, -0.15) is 0 Å². The lowest BCUT2D eigenvalue weighted by atomic mass is 10.1. The predicted molar refractivity (Wildman–Crippen MR) is 103 cm³/mol. The molecule has 2 aliphatic rings. The molecule has 2 heterocycles. The molecule has 0 unspecified atom stereocenters. The van der Waals surface area contributed by atoms with Crippen LogP contribution in [-0.2, 0) is 17.9 Å². The van der Waals surface area contributed by atoms with Gasteiger partial charge in [-0.25, -0.2) is 0 Å². The summed E-state index contributed by atoms with van der Waals surface area (Å²) < 4.78 is 5.98. The number of rotatable bonds is 5. The first-order valence-electron chi connectivity index (χ1n) is 9.55. The molecule has 0 spiro atoms. The number of benzene rings is 2. The second-order valence-electron chi connectivity index (χ2n) is 7.17. The minimum absolute atomic E-state index is 0.0728. The van der Waals surface area contributed by atoms with Crippen molar-refractivity contribution in [3.63, 3.8) is 0 Å². The Labute approximate surface area is 163 Å². The van der Waals surface area contributed by atoms with E-state index >= 15 is 0 Å². The number of hydrogen-bond acceptors (Lipinski definition) is 4. The Bertz CT molecular complexity index is 907. The van der Waals surface area contributed by atoms with E-state index in [4.69, 9.17) is 4.74 Å². The van der Waals surface area contributed by atoms with Gasteiger partial charge in [0, 0.05) is 23.2 Å². The Kier molecular flexibility index (Phi) is 5.10. The minimum atomic E-state index is -0.425. The molecule has 2 aliphatic heterocycles. The Morgan fingerprint density at radius 2 is 1.93 bits per heavy atom. The monoisotopic (exact) mass is 378 g/mol. The summed E-state index contributed by atoms with van der Waals surface area (Å²) in [6.45, 7) is 1.39. The third-order valence-electron chi connectivity index (χ3n) is 5.35. The van der Waals surface area contributed by atoms with Crippen LogP contribution in [0.4, 0.5) is 0 Å². The second-order valence-corrected chi connectivity index (χ2v) is 7.17. The van der Waals surface area contributed by atoms with E-state index in [0.717, 1.165) is 30.3 Å². The molecule has 0 aliphatic carbocycles. The molecular formula is C22H22N2O4. The molecule has 144 valence electrons. The van der Waals surface area contributed by atoms with Crippen LogP contribution in [0.3, 0.4) is 0 Å². The molecule has 4 rings (SSSR count). The van der Waals surface area contributed by atoms with Gasteiger partial charge in [-0.05, 0) is 37.0 Å². The lowest BCUT2D eigenvalue weighted by Crippen LogP contribution is -2.45. The summed E-state index contributed by atoms with van der Waals surface area (Å²) >= 11 is 0. The SMILES string of the molecule is O=Cc1ccc(COc2cccc3c2CN([C@H]2CCCCNC2=O)C3=O)cc1. The van der Waals surface area contributed by atoms with Crippen molar-refractivity contribution in [2.45, 2.75) is 38.5 Å². The summed E-state index contributed by atoms with van der Waals surface area (Å²) in [7, 11) is 0. The number of hydrogen-bond donors (Lipinski definition) is 1. The van der Waals surface area contributed by atoms with Crippen molar-refractivity contribution in [3.8, 4) is 5.75 Å². The second kappa shape index (κ2) is 7.84. The Hall–Kier alpha value is -3.15. The quantitative estimate of drug-likeness (QED) is 0.812. The average molecular weight is 378 g/mol. The van der Waals surface area contributed by atoms with E-state index in [1.165, 1.54) is 0 Å². The first-order chi connectivity index (χ1) is 13.7. The molecule has 0 radical (unpaired) electrons. The van der Waals surface area contributed by atoms with E-state index in [1.54, 1.807) is 29.2 Å². The number of aldehydes is 1. The predicted octanol–water partition coefficient (Wildman–Crippen LogP) is 2.70. The number of amides is 2. The van der Waals surface area contributed by atoms with Gasteiger partial charge in [0.25, 0.3) is 5.91 Å². The van der Waals surface area contributed by atoms with Crippen LogP contribution in [0, 0.1) is 0 Å². The van der Waals surface area contributed by atoms with Crippen LogP contribution in [0.25, 0.3) is 0 Å². The van der Waals surface area contributed by atoms with E-state index in [-0.39, 0.29) is 11.8 Å². The van der Waals surface area contributed by atoms with Crippen LogP contribution in [0.5, 0.6) is 5.75 Å². The number of nitrogens with one attached hydrogen (secondary N) is 1.